The molecule has 1 heterocycles. The molecular formula is C15H22N5O2S+. The van der Waals surface area contributed by atoms with E-state index in [2.05, 4.69) is 16.1 Å². The number of hydrazine groups is 1. The van der Waals surface area contributed by atoms with E-state index in [1.54, 1.807) is 19.1 Å². The smallest absolute Gasteiger partial charge is 0.344 e. The lowest BCUT2D eigenvalue weighted by molar-refractivity contribution is -0.856. The number of thiocarbonyl (C=S) groups is 1. The van der Waals surface area contributed by atoms with Gasteiger partial charge < -0.3 is 15.5 Å². The van der Waals surface area contributed by atoms with Gasteiger partial charge >= 0.3 is 6.03 Å². The molecule has 2 rings (SSSR count). The summed E-state index contributed by atoms with van der Waals surface area (Å²) in [6, 6.07) is 8.59. The van der Waals surface area contributed by atoms with Gasteiger partial charge in [0, 0.05) is 0 Å². The zero-order chi connectivity index (χ0) is 17.0. The highest BCUT2D eigenvalue weighted by Crippen LogP contribution is 2.27. The van der Waals surface area contributed by atoms with Crippen LogP contribution in [0.25, 0.3) is 0 Å². The summed E-state index contributed by atoms with van der Waals surface area (Å²) in [4.78, 5) is 26.0. The van der Waals surface area contributed by atoms with Crippen molar-refractivity contribution in [2.75, 3.05) is 27.2 Å². The van der Waals surface area contributed by atoms with Crippen LogP contribution in [0.2, 0.25) is 0 Å². The highest BCUT2D eigenvalue weighted by molar-refractivity contribution is 7.80. The molecule has 7 nitrogen and oxygen atoms in total. The van der Waals surface area contributed by atoms with Crippen LogP contribution in [0.15, 0.2) is 30.3 Å². The lowest BCUT2D eigenvalue weighted by Gasteiger charge is -2.22. The van der Waals surface area contributed by atoms with E-state index < -0.39 is 17.5 Å². The van der Waals surface area contributed by atoms with Crippen LogP contribution < -0.4 is 21.0 Å². The second-order valence-electron chi connectivity index (χ2n) is 5.89. The molecule has 4 N–H and O–H groups in total. The molecule has 0 spiro atoms. The number of urea groups is 1. The number of rotatable bonds is 5. The number of carbonyl (C=O) groups is 2. The van der Waals surface area contributed by atoms with Gasteiger partial charge in [0.1, 0.15) is 5.54 Å². The van der Waals surface area contributed by atoms with Crippen molar-refractivity contribution < 1.29 is 14.5 Å². The van der Waals surface area contributed by atoms with Gasteiger partial charge in [-0.25, -0.2) is 4.79 Å². The first-order valence-corrected chi connectivity index (χ1v) is 7.81. The topological polar surface area (TPSA) is 77.9 Å². The Morgan fingerprint density at radius 1 is 1.30 bits per heavy atom. The number of imide groups is 1. The molecule has 124 valence electrons. The first kappa shape index (κ1) is 17.2. The van der Waals surface area contributed by atoms with Crippen molar-refractivity contribution in [3.05, 3.63) is 35.9 Å². The molecule has 1 aliphatic rings. The Bertz CT molecular complexity index is 607. The molecule has 0 bridgehead atoms. The Hall–Kier alpha value is -2.19. The van der Waals surface area contributed by atoms with Crippen molar-refractivity contribution in [2.24, 2.45) is 0 Å². The molecule has 0 aromatic heterocycles. The quantitative estimate of drug-likeness (QED) is 0.409. The van der Waals surface area contributed by atoms with E-state index in [4.69, 9.17) is 12.2 Å². The summed E-state index contributed by atoms with van der Waals surface area (Å²) in [5.74, 6) is -0.393. The van der Waals surface area contributed by atoms with Crippen molar-refractivity contribution >= 4 is 29.3 Å². The third kappa shape index (κ3) is 3.77. The van der Waals surface area contributed by atoms with Crippen molar-refractivity contribution in [1.82, 2.24) is 21.1 Å². The Balaban J connectivity index is 2.03. The van der Waals surface area contributed by atoms with E-state index in [1.165, 1.54) is 4.90 Å². The molecule has 1 aliphatic heterocycles. The average molecular weight is 336 g/mol. The second-order valence-corrected chi connectivity index (χ2v) is 6.29. The highest BCUT2D eigenvalue weighted by Gasteiger charge is 2.49. The van der Waals surface area contributed by atoms with Crippen molar-refractivity contribution in [3.63, 3.8) is 0 Å². The summed E-state index contributed by atoms with van der Waals surface area (Å²) in [7, 11) is 4.06. The van der Waals surface area contributed by atoms with Crippen molar-refractivity contribution in [1.29, 1.82) is 0 Å². The predicted octanol–water partition coefficient (Wildman–Crippen LogP) is -1.02. The van der Waals surface area contributed by atoms with Gasteiger partial charge in [-0.05, 0) is 24.7 Å². The number of hydrogen-bond acceptors (Lipinski definition) is 3. The molecule has 8 heteroatoms. The van der Waals surface area contributed by atoms with Crippen LogP contribution in [0, 0.1) is 0 Å². The lowest BCUT2D eigenvalue weighted by atomic mass is 9.92. The third-order valence-electron chi connectivity index (χ3n) is 3.67. The van der Waals surface area contributed by atoms with Crippen LogP contribution in [0.4, 0.5) is 4.79 Å². The molecule has 1 aromatic carbocycles. The van der Waals surface area contributed by atoms with Crippen LogP contribution >= 0.6 is 12.2 Å². The number of carbonyl (C=O) groups excluding carboxylic acids is 2. The second kappa shape index (κ2) is 6.93. The minimum Gasteiger partial charge on any atom is -0.356 e. The SMILES string of the molecule is C[NH+](C)CCNC(=S)NN1C(=O)N[C@](C)(c2ccccc2)C1=O. The summed E-state index contributed by atoms with van der Waals surface area (Å²) in [6.45, 7) is 3.19. The summed E-state index contributed by atoms with van der Waals surface area (Å²) >= 11 is 5.13. The van der Waals surface area contributed by atoms with Gasteiger partial charge in [0.2, 0.25) is 0 Å². The third-order valence-corrected chi connectivity index (χ3v) is 3.90. The largest absolute Gasteiger partial charge is 0.356 e. The number of likely N-dealkylation sites (N-methyl/N-ethyl adjacent to an activating group) is 1. The fourth-order valence-corrected chi connectivity index (χ4v) is 2.47. The van der Waals surface area contributed by atoms with E-state index >= 15 is 0 Å². The Morgan fingerprint density at radius 2 is 1.96 bits per heavy atom. The van der Waals surface area contributed by atoms with Gasteiger partial charge in [0.15, 0.2) is 5.11 Å². The molecule has 1 saturated heterocycles. The predicted molar refractivity (Wildman–Crippen MR) is 90.6 cm³/mol. The van der Waals surface area contributed by atoms with Crippen LogP contribution in [0.1, 0.15) is 12.5 Å². The first-order valence-electron chi connectivity index (χ1n) is 7.40. The molecular weight excluding hydrogens is 314 g/mol. The maximum atomic E-state index is 12.6. The number of nitrogens with zero attached hydrogens (tertiary/aromatic N) is 1. The lowest BCUT2D eigenvalue weighted by Crippen LogP contribution is -3.06. The van der Waals surface area contributed by atoms with Gasteiger partial charge in [0.25, 0.3) is 5.91 Å². The Morgan fingerprint density at radius 3 is 2.57 bits per heavy atom. The van der Waals surface area contributed by atoms with Gasteiger partial charge in [0.05, 0.1) is 27.2 Å². The summed E-state index contributed by atoms with van der Waals surface area (Å²) in [5.41, 5.74) is 2.28. The molecule has 3 amide bonds. The number of amides is 3. The molecule has 1 aromatic rings. The maximum absolute atomic E-state index is 12.6. The van der Waals surface area contributed by atoms with Crippen molar-refractivity contribution in [3.8, 4) is 0 Å². The molecule has 1 fully saturated rings. The number of hydrogen-bond donors (Lipinski definition) is 4. The molecule has 1 atom stereocenters. The van der Waals surface area contributed by atoms with Gasteiger partial charge in [-0.15, -0.1) is 0 Å². The number of nitrogens with one attached hydrogen (secondary N) is 4. The Labute approximate surface area is 141 Å². The zero-order valence-electron chi connectivity index (χ0n) is 13.5. The van der Waals surface area contributed by atoms with Gasteiger partial charge in [-0.3, -0.25) is 10.2 Å². The standard InChI is InChI=1S/C15H21N5O2S/c1-15(11-7-5-4-6-8-11)12(21)20(14(22)17-15)18-13(23)16-9-10-19(2)3/h4-8H,9-10H2,1-3H3,(H,17,22)(H2,16,18,23)/p+1/t15-/m1/s1. The van der Waals surface area contributed by atoms with Gasteiger partial charge in [-0.1, -0.05) is 30.3 Å². The summed E-state index contributed by atoms with van der Waals surface area (Å²) < 4.78 is 0. The number of benzene rings is 1. The van der Waals surface area contributed by atoms with E-state index in [-0.39, 0.29) is 5.11 Å². The monoisotopic (exact) mass is 336 g/mol. The minimum absolute atomic E-state index is 0.243. The van der Waals surface area contributed by atoms with Crippen molar-refractivity contribution in [2.45, 2.75) is 12.5 Å². The zero-order valence-corrected chi connectivity index (χ0v) is 14.3. The average Bonchev–Trinajstić information content (AvgIpc) is 2.72. The Kier molecular flexibility index (Phi) is 5.17. The highest BCUT2D eigenvalue weighted by atomic mass is 32.1. The van der Waals surface area contributed by atoms with E-state index in [1.807, 2.05) is 32.3 Å². The fraction of sp³-hybridized carbons (Fsp3) is 0.400. The van der Waals surface area contributed by atoms with E-state index in [0.717, 1.165) is 17.1 Å². The van der Waals surface area contributed by atoms with Crippen LogP contribution in [-0.4, -0.2) is 49.2 Å². The minimum atomic E-state index is -1.10. The van der Waals surface area contributed by atoms with E-state index in [0.29, 0.717) is 6.54 Å². The van der Waals surface area contributed by atoms with Crippen LogP contribution in [-0.2, 0) is 10.3 Å². The molecule has 0 radical (unpaired) electrons. The van der Waals surface area contributed by atoms with Crippen LogP contribution in [0.3, 0.4) is 0 Å². The molecule has 23 heavy (non-hydrogen) atoms. The molecule has 0 saturated carbocycles. The summed E-state index contributed by atoms with van der Waals surface area (Å²) in [5, 5.41) is 6.85. The maximum Gasteiger partial charge on any atom is 0.344 e. The van der Waals surface area contributed by atoms with E-state index in [9.17, 15) is 9.59 Å². The normalized spacial score (nSPS) is 20.6. The molecule has 0 aliphatic carbocycles. The fourth-order valence-electron chi connectivity index (χ4n) is 2.27. The van der Waals surface area contributed by atoms with Crippen LogP contribution in [0.5, 0.6) is 0 Å². The first-order chi connectivity index (χ1) is 10.8. The molecule has 0 unspecified atom stereocenters. The van der Waals surface area contributed by atoms with Gasteiger partial charge in [-0.2, -0.15) is 5.01 Å². The number of quaternary nitrogens is 1. The summed E-state index contributed by atoms with van der Waals surface area (Å²) in [6.07, 6.45) is 0.